The van der Waals surface area contributed by atoms with Crippen LogP contribution >= 0.6 is 0 Å². The van der Waals surface area contributed by atoms with Crippen LogP contribution in [0.1, 0.15) is 43.5 Å². The molecule has 140 valence electrons. The lowest BCUT2D eigenvalue weighted by Gasteiger charge is -2.18. The third-order valence-electron chi connectivity index (χ3n) is 5.12. The fraction of sp³-hybridized carbons (Fsp3) is 0.292. The van der Waals surface area contributed by atoms with Crippen LogP contribution < -0.4 is 10.6 Å². The van der Waals surface area contributed by atoms with Crippen LogP contribution in [0.4, 0.5) is 5.69 Å². The number of benzene rings is 3. The van der Waals surface area contributed by atoms with Crippen molar-refractivity contribution in [2.24, 2.45) is 0 Å². The van der Waals surface area contributed by atoms with E-state index in [1.165, 1.54) is 27.5 Å². The summed E-state index contributed by atoms with van der Waals surface area (Å²) in [6.45, 7) is 6.62. The van der Waals surface area contributed by atoms with Crippen LogP contribution in [-0.2, 0) is 17.6 Å². The van der Waals surface area contributed by atoms with Gasteiger partial charge in [0.15, 0.2) is 0 Å². The predicted molar refractivity (Wildman–Crippen MR) is 114 cm³/mol. The van der Waals surface area contributed by atoms with Crippen LogP contribution in [0.2, 0.25) is 0 Å². The first-order chi connectivity index (χ1) is 13.1. The number of aryl methyl sites for hydroxylation is 2. The van der Waals surface area contributed by atoms with Gasteiger partial charge in [-0.15, -0.1) is 0 Å². The first kappa shape index (κ1) is 19.1. The van der Waals surface area contributed by atoms with Crippen molar-refractivity contribution in [3.63, 3.8) is 0 Å². The average Bonchev–Trinajstić information content (AvgIpc) is 2.71. The van der Waals surface area contributed by atoms with Gasteiger partial charge < -0.3 is 10.6 Å². The summed E-state index contributed by atoms with van der Waals surface area (Å²) in [6.07, 6.45) is 1.81. The number of carbonyl (C=O) groups excluding carboxylic acids is 1. The van der Waals surface area contributed by atoms with Crippen LogP contribution in [0.15, 0.2) is 60.7 Å². The maximum atomic E-state index is 12.6. The molecule has 0 aromatic heterocycles. The minimum absolute atomic E-state index is 0.00214. The highest BCUT2D eigenvalue weighted by Crippen LogP contribution is 2.24. The van der Waals surface area contributed by atoms with E-state index < -0.39 is 0 Å². The standard InChI is InChI=1S/C24H28N2O/c1-4-18-11-8-12-19(5-2)24(18)26-23(27)16-25-17(3)21-15-9-13-20-10-6-7-14-22(20)21/h6-15,17,25H,4-5,16H2,1-3H3,(H,26,27)/t17-/m1/s1. The van der Waals surface area contributed by atoms with Gasteiger partial charge in [0.2, 0.25) is 5.91 Å². The van der Waals surface area contributed by atoms with Gasteiger partial charge in [0.25, 0.3) is 0 Å². The lowest BCUT2D eigenvalue weighted by atomic mass is 10.00. The van der Waals surface area contributed by atoms with Gasteiger partial charge in [-0.25, -0.2) is 0 Å². The Bertz CT molecular complexity index is 905. The van der Waals surface area contributed by atoms with E-state index in [1.54, 1.807) is 0 Å². The first-order valence-electron chi connectivity index (χ1n) is 9.75. The molecular formula is C24H28N2O. The van der Waals surface area contributed by atoms with E-state index in [0.29, 0.717) is 0 Å². The number of carbonyl (C=O) groups is 1. The summed E-state index contributed by atoms with van der Waals surface area (Å²) in [5.74, 6) is -0.00214. The maximum absolute atomic E-state index is 12.6. The molecule has 27 heavy (non-hydrogen) atoms. The summed E-state index contributed by atoms with van der Waals surface area (Å²) in [5.41, 5.74) is 4.56. The molecule has 1 atom stereocenters. The molecule has 0 aliphatic carbocycles. The molecule has 3 nitrogen and oxygen atoms in total. The number of hydrogen-bond acceptors (Lipinski definition) is 2. The van der Waals surface area contributed by atoms with E-state index in [9.17, 15) is 4.79 Å². The Labute approximate surface area is 161 Å². The maximum Gasteiger partial charge on any atom is 0.238 e. The number of nitrogens with one attached hydrogen (secondary N) is 2. The molecular weight excluding hydrogens is 332 g/mol. The molecule has 0 spiro atoms. The summed E-state index contributed by atoms with van der Waals surface area (Å²) in [7, 11) is 0. The van der Waals surface area contributed by atoms with Gasteiger partial charge in [-0.2, -0.15) is 0 Å². The van der Waals surface area contributed by atoms with Crippen molar-refractivity contribution in [3.8, 4) is 0 Å². The highest BCUT2D eigenvalue weighted by molar-refractivity contribution is 5.94. The van der Waals surface area contributed by atoms with Crippen molar-refractivity contribution in [3.05, 3.63) is 77.4 Å². The quantitative estimate of drug-likeness (QED) is 0.604. The number of amides is 1. The second-order valence-electron chi connectivity index (χ2n) is 6.88. The predicted octanol–water partition coefficient (Wildman–Crippen LogP) is 5.25. The topological polar surface area (TPSA) is 41.1 Å². The highest BCUT2D eigenvalue weighted by Gasteiger charge is 2.13. The smallest absolute Gasteiger partial charge is 0.238 e. The molecule has 0 aliphatic heterocycles. The fourth-order valence-corrected chi connectivity index (χ4v) is 3.57. The Morgan fingerprint density at radius 2 is 1.52 bits per heavy atom. The zero-order valence-corrected chi connectivity index (χ0v) is 16.4. The summed E-state index contributed by atoms with van der Waals surface area (Å²) >= 11 is 0. The number of rotatable bonds is 7. The van der Waals surface area contributed by atoms with E-state index in [2.05, 4.69) is 86.0 Å². The average molecular weight is 361 g/mol. The molecule has 0 bridgehead atoms. The van der Waals surface area contributed by atoms with Gasteiger partial charge >= 0.3 is 0 Å². The summed E-state index contributed by atoms with van der Waals surface area (Å²) < 4.78 is 0. The monoisotopic (exact) mass is 360 g/mol. The van der Waals surface area contributed by atoms with E-state index >= 15 is 0 Å². The Kier molecular flexibility index (Phi) is 6.25. The first-order valence-corrected chi connectivity index (χ1v) is 9.75. The van der Waals surface area contributed by atoms with Gasteiger partial charge in [-0.3, -0.25) is 4.79 Å². The number of hydrogen-bond donors (Lipinski definition) is 2. The van der Waals surface area contributed by atoms with Gasteiger partial charge in [0.1, 0.15) is 0 Å². The molecule has 3 aromatic carbocycles. The summed E-state index contributed by atoms with van der Waals surface area (Å²) in [6, 6.07) is 21.0. The molecule has 0 saturated carbocycles. The summed E-state index contributed by atoms with van der Waals surface area (Å²) in [5, 5.41) is 8.94. The van der Waals surface area contributed by atoms with E-state index in [1.807, 2.05) is 6.07 Å². The summed E-state index contributed by atoms with van der Waals surface area (Å²) in [4.78, 5) is 12.6. The molecule has 0 heterocycles. The van der Waals surface area contributed by atoms with Crippen LogP contribution in [-0.4, -0.2) is 12.5 Å². The van der Waals surface area contributed by atoms with Gasteiger partial charge in [-0.1, -0.05) is 74.5 Å². The molecule has 0 unspecified atom stereocenters. The molecule has 0 saturated heterocycles. The van der Waals surface area contributed by atoms with Crippen LogP contribution in [0.5, 0.6) is 0 Å². The fourth-order valence-electron chi connectivity index (χ4n) is 3.57. The number of anilines is 1. The third kappa shape index (κ3) is 4.37. The van der Waals surface area contributed by atoms with E-state index in [4.69, 9.17) is 0 Å². The van der Waals surface area contributed by atoms with Crippen molar-refractivity contribution in [1.29, 1.82) is 0 Å². The van der Waals surface area contributed by atoms with Crippen molar-refractivity contribution < 1.29 is 4.79 Å². The second-order valence-corrected chi connectivity index (χ2v) is 6.88. The van der Waals surface area contributed by atoms with E-state index in [0.717, 1.165) is 18.5 Å². The molecule has 0 aliphatic rings. The van der Waals surface area contributed by atoms with E-state index in [-0.39, 0.29) is 18.5 Å². The lowest BCUT2D eigenvalue weighted by molar-refractivity contribution is -0.115. The normalized spacial score (nSPS) is 12.1. The number of fused-ring (bicyclic) bond motifs is 1. The van der Waals surface area contributed by atoms with Crippen LogP contribution in [0, 0.1) is 0 Å². The molecule has 3 rings (SSSR count). The largest absolute Gasteiger partial charge is 0.324 e. The zero-order valence-electron chi connectivity index (χ0n) is 16.4. The highest BCUT2D eigenvalue weighted by atomic mass is 16.1. The van der Waals surface area contributed by atoms with Crippen molar-refractivity contribution >= 4 is 22.4 Å². The second kappa shape index (κ2) is 8.83. The van der Waals surface area contributed by atoms with Gasteiger partial charge in [0.05, 0.1) is 6.54 Å². The molecule has 0 fully saturated rings. The van der Waals surface area contributed by atoms with Crippen molar-refractivity contribution in [1.82, 2.24) is 5.32 Å². The zero-order chi connectivity index (χ0) is 19.2. The Balaban J connectivity index is 1.69. The molecule has 1 amide bonds. The number of para-hydroxylation sites is 1. The lowest BCUT2D eigenvalue weighted by Crippen LogP contribution is -2.30. The minimum Gasteiger partial charge on any atom is -0.324 e. The van der Waals surface area contributed by atoms with Crippen molar-refractivity contribution in [2.75, 3.05) is 11.9 Å². The Morgan fingerprint density at radius 3 is 2.22 bits per heavy atom. The van der Waals surface area contributed by atoms with Crippen molar-refractivity contribution in [2.45, 2.75) is 39.7 Å². The molecule has 3 heteroatoms. The molecule has 2 N–H and O–H groups in total. The molecule has 0 radical (unpaired) electrons. The SMILES string of the molecule is CCc1cccc(CC)c1NC(=O)CN[C@H](C)c1cccc2ccccc12. The van der Waals surface area contributed by atoms with Gasteiger partial charge in [-0.05, 0) is 47.2 Å². The third-order valence-corrected chi connectivity index (χ3v) is 5.12. The minimum atomic E-state index is -0.00214. The van der Waals surface area contributed by atoms with Gasteiger partial charge in [0, 0.05) is 11.7 Å². The molecule has 3 aromatic rings. The van der Waals surface area contributed by atoms with Crippen LogP contribution in [0.3, 0.4) is 0 Å². The Morgan fingerprint density at radius 1 is 0.889 bits per heavy atom. The van der Waals surface area contributed by atoms with Crippen LogP contribution in [0.25, 0.3) is 10.8 Å². The Hall–Kier alpha value is -2.65.